The highest BCUT2D eigenvalue weighted by Crippen LogP contribution is 2.25. The summed E-state index contributed by atoms with van der Waals surface area (Å²) in [5.41, 5.74) is 2.20. The molecule has 1 atom stereocenters. The van der Waals surface area contributed by atoms with E-state index in [2.05, 4.69) is 9.88 Å². The van der Waals surface area contributed by atoms with E-state index in [9.17, 15) is 0 Å². The highest BCUT2D eigenvalue weighted by Gasteiger charge is 2.22. The lowest BCUT2D eigenvalue weighted by atomic mass is 10.1. The molecule has 6 heteroatoms. The Labute approximate surface area is 144 Å². The van der Waals surface area contributed by atoms with Crippen LogP contribution in [-0.4, -0.2) is 29.6 Å². The van der Waals surface area contributed by atoms with Gasteiger partial charge in [0.2, 0.25) is 0 Å². The van der Waals surface area contributed by atoms with E-state index in [4.69, 9.17) is 39.5 Å². The van der Waals surface area contributed by atoms with Gasteiger partial charge in [-0.15, -0.1) is 0 Å². The lowest BCUT2D eigenvalue weighted by Crippen LogP contribution is -2.37. The van der Waals surface area contributed by atoms with Gasteiger partial charge in [-0.2, -0.15) is 0 Å². The van der Waals surface area contributed by atoms with Gasteiger partial charge in [-0.1, -0.05) is 46.9 Å². The zero-order valence-corrected chi connectivity index (χ0v) is 14.1. The van der Waals surface area contributed by atoms with Crippen molar-refractivity contribution in [1.29, 1.82) is 0 Å². The third kappa shape index (κ3) is 4.12. The van der Waals surface area contributed by atoms with Gasteiger partial charge in [-0.3, -0.25) is 4.90 Å². The van der Waals surface area contributed by atoms with Crippen LogP contribution in [0.3, 0.4) is 0 Å². The third-order valence-electron chi connectivity index (χ3n) is 3.62. The lowest BCUT2D eigenvalue weighted by molar-refractivity contribution is -0.0329. The lowest BCUT2D eigenvalue weighted by Gasteiger charge is -2.33. The fraction of sp³-hybridized carbons (Fsp3) is 0.312. The summed E-state index contributed by atoms with van der Waals surface area (Å²) in [4.78, 5) is 6.30. The number of ether oxygens (including phenoxy) is 1. The van der Waals surface area contributed by atoms with Crippen molar-refractivity contribution in [2.45, 2.75) is 12.6 Å². The van der Waals surface area contributed by atoms with Crippen LogP contribution in [0.1, 0.15) is 17.2 Å². The second-order valence-electron chi connectivity index (χ2n) is 5.27. The number of halogens is 3. The summed E-state index contributed by atoms with van der Waals surface area (Å²) in [5, 5.41) is 1.58. The van der Waals surface area contributed by atoms with Crippen LogP contribution in [-0.2, 0) is 11.3 Å². The minimum atomic E-state index is 0.0544. The molecular formula is C16H15Cl3N2O. The minimum absolute atomic E-state index is 0.0544. The van der Waals surface area contributed by atoms with E-state index in [0.29, 0.717) is 16.9 Å². The maximum Gasteiger partial charge on any atom is 0.131 e. The maximum atomic E-state index is 5.96. The summed E-state index contributed by atoms with van der Waals surface area (Å²) >= 11 is 17.8. The van der Waals surface area contributed by atoms with Crippen molar-refractivity contribution in [2.24, 2.45) is 0 Å². The first-order chi connectivity index (χ1) is 10.6. The molecule has 1 fully saturated rings. The number of aromatic nitrogens is 1. The minimum Gasteiger partial charge on any atom is -0.371 e. The molecule has 3 rings (SSSR count). The van der Waals surface area contributed by atoms with Crippen LogP contribution in [0.2, 0.25) is 15.3 Å². The van der Waals surface area contributed by atoms with E-state index >= 15 is 0 Å². The predicted molar refractivity (Wildman–Crippen MR) is 89.7 cm³/mol. The summed E-state index contributed by atoms with van der Waals surface area (Å²) in [5.74, 6) is 0. The molecule has 0 N–H and O–H groups in total. The molecule has 1 unspecified atom stereocenters. The van der Waals surface area contributed by atoms with Crippen LogP contribution >= 0.6 is 34.8 Å². The van der Waals surface area contributed by atoms with Crippen molar-refractivity contribution in [1.82, 2.24) is 9.88 Å². The first-order valence-electron chi connectivity index (χ1n) is 7.01. The topological polar surface area (TPSA) is 25.4 Å². The van der Waals surface area contributed by atoms with Crippen LogP contribution in [0.25, 0.3) is 0 Å². The largest absolute Gasteiger partial charge is 0.371 e. The Balaban J connectivity index is 1.69. The summed E-state index contributed by atoms with van der Waals surface area (Å²) < 4.78 is 5.87. The molecule has 1 aliphatic heterocycles. The molecule has 1 aromatic heterocycles. The number of morpholine rings is 1. The van der Waals surface area contributed by atoms with Crippen LogP contribution in [0.15, 0.2) is 36.4 Å². The molecule has 0 amide bonds. The summed E-state index contributed by atoms with van der Waals surface area (Å²) in [6.45, 7) is 3.16. The molecule has 1 aromatic carbocycles. The Kier molecular flexibility index (Phi) is 5.21. The smallest absolute Gasteiger partial charge is 0.131 e. The van der Waals surface area contributed by atoms with E-state index in [0.717, 1.165) is 35.8 Å². The quantitative estimate of drug-likeness (QED) is 0.750. The fourth-order valence-electron chi connectivity index (χ4n) is 2.59. The van der Waals surface area contributed by atoms with Crippen molar-refractivity contribution < 1.29 is 4.74 Å². The van der Waals surface area contributed by atoms with E-state index in [-0.39, 0.29) is 6.10 Å². The van der Waals surface area contributed by atoms with Gasteiger partial charge in [0, 0.05) is 24.7 Å². The zero-order valence-electron chi connectivity index (χ0n) is 11.8. The van der Waals surface area contributed by atoms with E-state index in [1.807, 2.05) is 36.4 Å². The monoisotopic (exact) mass is 356 g/mol. The molecule has 0 spiro atoms. The third-order valence-corrected chi connectivity index (χ3v) is 4.26. The maximum absolute atomic E-state index is 5.96. The molecular weight excluding hydrogens is 343 g/mol. The second-order valence-corrected chi connectivity index (χ2v) is 6.48. The number of hydrogen-bond acceptors (Lipinski definition) is 3. The Morgan fingerprint density at radius 3 is 2.45 bits per heavy atom. The van der Waals surface area contributed by atoms with Gasteiger partial charge in [0.25, 0.3) is 0 Å². The zero-order chi connectivity index (χ0) is 15.5. The number of benzene rings is 1. The highest BCUT2D eigenvalue weighted by molar-refractivity contribution is 6.32. The summed E-state index contributed by atoms with van der Waals surface area (Å²) in [6, 6.07) is 11.5. The first kappa shape index (κ1) is 16.0. The average molecular weight is 358 g/mol. The van der Waals surface area contributed by atoms with Gasteiger partial charge in [0.15, 0.2) is 0 Å². The number of hydrogen-bond donors (Lipinski definition) is 0. The van der Waals surface area contributed by atoms with Crippen LogP contribution in [0.5, 0.6) is 0 Å². The fourth-order valence-corrected chi connectivity index (χ4v) is 3.22. The molecule has 0 radical (unpaired) electrons. The van der Waals surface area contributed by atoms with Crippen LogP contribution in [0.4, 0.5) is 0 Å². The number of nitrogens with zero attached hydrogens (tertiary/aromatic N) is 2. The highest BCUT2D eigenvalue weighted by atomic mass is 35.5. The van der Waals surface area contributed by atoms with Gasteiger partial charge < -0.3 is 4.74 Å². The molecule has 0 aliphatic carbocycles. The molecule has 1 saturated heterocycles. The van der Waals surface area contributed by atoms with Crippen molar-refractivity contribution in [3.05, 3.63) is 62.9 Å². The molecule has 1 aliphatic rings. The average Bonchev–Trinajstić information content (AvgIpc) is 2.47. The van der Waals surface area contributed by atoms with Gasteiger partial charge in [0.1, 0.15) is 10.3 Å². The molecule has 0 saturated carbocycles. The van der Waals surface area contributed by atoms with E-state index in [1.54, 1.807) is 0 Å². The van der Waals surface area contributed by atoms with Crippen molar-refractivity contribution in [2.75, 3.05) is 19.7 Å². The van der Waals surface area contributed by atoms with Gasteiger partial charge in [0.05, 0.1) is 12.7 Å². The van der Waals surface area contributed by atoms with Crippen molar-refractivity contribution in [3.8, 4) is 0 Å². The summed E-state index contributed by atoms with van der Waals surface area (Å²) in [7, 11) is 0. The Bertz CT molecular complexity index is 628. The van der Waals surface area contributed by atoms with Crippen LogP contribution in [0, 0.1) is 0 Å². The van der Waals surface area contributed by atoms with Gasteiger partial charge >= 0.3 is 0 Å². The van der Waals surface area contributed by atoms with E-state index < -0.39 is 0 Å². The van der Waals surface area contributed by atoms with Crippen LogP contribution < -0.4 is 0 Å². The Hall–Kier alpha value is -0.840. The molecule has 2 heterocycles. The SMILES string of the molecule is Clc1ccc(C2CN(Cc3cc(Cl)nc(Cl)c3)CCO2)cc1. The van der Waals surface area contributed by atoms with Crippen molar-refractivity contribution in [3.63, 3.8) is 0 Å². The predicted octanol–water partition coefficient (Wildman–Crippen LogP) is 4.62. The van der Waals surface area contributed by atoms with Gasteiger partial charge in [-0.25, -0.2) is 4.98 Å². The molecule has 2 aromatic rings. The molecule has 22 heavy (non-hydrogen) atoms. The Morgan fingerprint density at radius 1 is 1.09 bits per heavy atom. The first-order valence-corrected chi connectivity index (χ1v) is 8.15. The van der Waals surface area contributed by atoms with Gasteiger partial charge in [-0.05, 0) is 35.4 Å². The van der Waals surface area contributed by atoms with Crippen molar-refractivity contribution >= 4 is 34.8 Å². The van der Waals surface area contributed by atoms with E-state index in [1.165, 1.54) is 0 Å². The molecule has 3 nitrogen and oxygen atoms in total. The number of rotatable bonds is 3. The second kappa shape index (κ2) is 7.16. The standard InChI is InChI=1S/C16H15Cl3N2O/c17-13-3-1-12(2-4-13)14-10-21(5-6-22-14)9-11-7-15(18)20-16(19)8-11/h1-4,7-8,14H,5-6,9-10H2. The Morgan fingerprint density at radius 2 is 1.77 bits per heavy atom. The normalized spacial score (nSPS) is 19.3. The number of pyridine rings is 1. The molecule has 0 bridgehead atoms. The molecule has 116 valence electrons. The summed E-state index contributed by atoms with van der Waals surface area (Å²) in [6.07, 6.45) is 0.0544.